The molecule has 26 heavy (non-hydrogen) atoms. The first kappa shape index (κ1) is 19.0. The number of methoxy groups -OCH3 is 3. The lowest BCUT2D eigenvalue weighted by Crippen LogP contribution is -2.01. The van der Waals surface area contributed by atoms with Crippen LogP contribution in [0.15, 0.2) is 35.3 Å². The molecule has 0 saturated carbocycles. The molecule has 0 aliphatic heterocycles. The van der Waals surface area contributed by atoms with E-state index in [0.717, 1.165) is 0 Å². The maximum Gasteiger partial charge on any atom is 0.276 e. The monoisotopic (exact) mass is 360 g/mol. The Bertz CT molecular complexity index is 820. The molecular weight excluding hydrogens is 340 g/mol. The van der Waals surface area contributed by atoms with E-state index in [0.29, 0.717) is 41.3 Å². The second-order valence-corrected chi connectivity index (χ2v) is 5.28. The van der Waals surface area contributed by atoms with Crippen LogP contribution in [0.2, 0.25) is 0 Å². The molecule has 0 atom stereocenters. The van der Waals surface area contributed by atoms with Crippen LogP contribution in [-0.4, -0.2) is 44.1 Å². The van der Waals surface area contributed by atoms with Crippen LogP contribution in [0.5, 0.6) is 23.0 Å². The van der Waals surface area contributed by atoms with Gasteiger partial charge in [-0.05, 0) is 24.6 Å². The van der Waals surface area contributed by atoms with Crippen LogP contribution in [0.25, 0.3) is 0 Å². The molecule has 0 saturated heterocycles. The molecule has 138 valence electrons. The van der Waals surface area contributed by atoms with Gasteiger partial charge >= 0.3 is 0 Å². The Morgan fingerprint density at radius 2 is 1.77 bits per heavy atom. The number of aromatic hydroxyl groups is 1. The standard InChI is InChI=1S/C18H20N2O6/c1-24-15-6-4-5-13(18(15)21)11-19-8-7-12-9-16(25-2)17(26-3)10-14(12)20(22)23/h4-6,9-11,21H,7-8H2,1-3H3. The number of phenols is 1. The first-order valence-electron chi connectivity index (χ1n) is 7.76. The Morgan fingerprint density at radius 1 is 1.12 bits per heavy atom. The van der Waals surface area contributed by atoms with Crippen LogP contribution in [0.4, 0.5) is 5.69 Å². The van der Waals surface area contributed by atoms with Crippen LogP contribution >= 0.6 is 0 Å². The number of hydrogen-bond donors (Lipinski definition) is 1. The quantitative estimate of drug-likeness (QED) is 0.441. The Kier molecular flexibility index (Phi) is 6.37. The van der Waals surface area contributed by atoms with Crippen LogP contribution in [0, 0.1) is 10.1 Å². The lowest BCUT2D eigenvalue weighted by atomic mass is 10.1. The minimum atomic E-state index is -0.463. The predicted octanol–water partition coefficient (Wildman–Crippen LogP) is 2.99. The molecule has 2 rings (SSSR count). The molecule has 0 unspecified atom stereocenters. The summed E-state index contributed by atoms with van der Waals surface area (Å²) in [5, 5.41) is 21.3. The molecule has 0 amide bonds. The molecule has 0 radical (unpaired) electrons. The number of para-hydroxylation sites is 1. The van der Waals surface area contributed by atoms with Crippen molar-refractivity contribution in [2.24, 2.45) is 4.99 Å². The van der Waals surface area contributed by atoms with Gasteiger partial charge in [-0.3, -0.25) is 15.1 Å². The third-order valence-electron chi connectivity index (χ3n) is 3.77. The van der Waals surface area contributed by atoms with Gasteiger partial charge in [-0.1, -0.05) is 6.07 Å². The summed E-state index contributed by atoms with van der Waals surface area (Å²) in [5.41, 5.74) is 0.938. The number of phenolic OH excluding ortho intramolecular Hbond substituents is 1. The molecule has 0 aliphatic rings. The Hall–Kier alpha value is -3.29. The molecule has 0 aliphatic carbocycles. The zero-order valence-electron chi connectivity index (χ0n) is 14.8. The van der Waals surface area contributed by atoms with Crippen molar-refractivity contribution in [3.63, 3.8) is 0 Å². The van der Waals surface area contributed by atoms with Gasteiger partial charge in [0.15, 0.2) is 23.0 Å². The number of benzene rings is 2. The molecule has 0 bridgehead atoms. The fourth-order valence-corrected chi connectivity index (χ4v) is 2.44. The lowest BCUT2D eigenvalue weighted by molar-refractivity contribution is -0.385. The summed E-state index contributed by atoms with van der Waals surface area (Å²) in [6.45, 7) is 0.299. The number of nitrogens with zero attached hydrogens (tertiary/aromatic N) is 2. The highest BCUT2D eigenvalue weighted by Crippen LogP contribution is 2.34. The van der Waals surface area contributed by atoms with Gasteiger partial charge in [0.2, 0.25) is 0 Å². The Morgan fingerprint density at radius 3 is 2.38 bits per heavy atom. The fraction of sp³-hybridized carbons (Fsp3) is 0.278. The first-order valence-corrected chi connectivity index (χ1v) is 7.76. The van der Waals surface area contributed by atoms with Crippen molar-refractivity contribution >= 4 is 11.9 Å². The van der Waals surface area contributed by atoms with E-state index in [1.54, 1.807) is 24.3 Å². The van der Waals surface area contributed by atoms with Crippen molar-refractivity contribution in [2.75, 3.05) is 27.9 Å². The lowest BCUT2D eigenvalue weighted by Gasteiger charge is -2.10. The van der Waals surface area contributed by atoms with Crippen LogP contribution < -0.4 is 14.2 Å². The molecule has 0 aromatic heterocycles. The SMILES string of the molecule is COc1cc(CCN=Cc2cccc(OC)c2O)c([N+](=O)[O-])cc1OC. The average molecular weight is 360 g/mol. The first-order chi connectivity index (χ1) is 12.5. The number of hydrogen-bond acceptors (Lipinski definition) is 7. The highest BCUT2D eigenvalue weighted by Gasteiger charge is 2.19. The van der Waals surface area contributed by atoms with Gasteiger partial charge in [0.25, 0.3) is 5.69 Å². The molecule has 1 N–H and O–H groups in total. The van der Waals surface area contributed by atoms with Crippen molar-refractivity contribution in [1.29, 1.82) is 0 Å². The van der Waals surface area contributed by atoms with Crippen molar-refractivity contribution in [2.45, 2.75) is 6.42 Å². The third-order valence-corrected chi connectivity index (χ3v) is 3.77. The zero-order chi connectivity index (χ0) is 19.1. The van der Waals surface area contributed by atoms with Gasteiger partial charge in [-0.2, -0.15) is 0 Å². The van der Waals surface area contributed by atoms with E-state index < -0.39 is 4.92 Å². The van der Waals surface area contributed by atoms with Crippen LogP contribution in [0.1, 0.15) is 11.1 Å². The summed E-state index contributed by atoms with van der Waals surface area (Å²) in [4.78, 5) is 15.1. The molecule has 8 nitrogen and oxygen atoms in total. The third kappa shape index (κ3) is 4.21. The minimum absolute atomic E-state index is 0.00385. The summed E-state index contributed by atoms with van der Waals surface area (Å²) in [6.07, 6.45) is 1.84. The van der Waals surface area contributed by atoms with E-state index >= 15 is 0 Å². The summed E-state index contributed by atoms with van der Waals surface area (Å²) < 4.78 is 15.3. The van der Waals surface area contributed by atoms with Gasteiger partial charge in [0, 0.05) is 23.9 Å². The summed E-state index contributed by atoms with van der Waals surface area (Å²) in [7, 11) is 4.36. The Balaban J connectivity index is 2.18. The summed E-state index contributed by atoms with van der Waals surface area (Å²) >= 11 is 0. The van der Waals surface area contributed by atoms with Gasteiger partial charge in [-0.15, -0.1) is 0 Å². The molecule has 0 fully saturated rings. The van der Waals surface area contributed by atoms with E-state index in [4.69, 9.17) is 14.2 Å². The maximum absolute atomic E-state index is 11.3. The van der Waals surface area contributed by atoms with Crippen LogP contribution in [0.3, 0.4) is 0 Å². The van der Waals surface area contributed by atoms with Crippen molar-refractivity contribution in [3.8, 4) is 23.0 Å². The summed E-state index contributed by atoms with van der Waals surface area (Å²) in [6, 6.07) is 7.99. The molecular formula is C18H20N2O6. The number of rotatable bonds is 8. The second kappa shape index (κ2) is 8.70. The number of nitro benzene ring substituents is 1. The number of aliphatic imine (C=N–C) groups is 1. The van der Waals surface area contributed by atoms with Crippen molar-refractivity contribution in [3.05, 3.63) is 51.6 Å². The topological polar surface area (TPSA) is 103 Å². The highest BCUT2D eigenvalue weighted by molar-refractivity contribution is 5.84. The molecule has 0 spiro atoms. The second-order valence-electron chi connectivity index (χ2n) is 5.28. The largest absolute Gasteiger partial charge is 0.504 e. The fourth-order valence-electron chi connectivity index (χ4n) is 2.44. The average Bonchev–Trinajstić information content (AvgIpc) is 2.65. The maximum atomic E-state index is 11.3. The Labute approximate surface area is 150 Å². The molecule has 2 aromatic rings. The zero-order valence-corrected chi connectivity index (χ0v) is 14.8. The van der Waals surface area contributed by atoms with Gasteiger partial charge in [0.05, 0.1) is 32.3 Å². The molecule has 2 aromatic carbocycles. The predicted molar refractivity (Wildman–Crippen MR) is 97.0 cm³/mol. The minimum Gasteiger partial charge on any atom is -0.504 e. The van der Waals surface area contributed by atoms with Gasteiger partial charge < -0.3 is 19.3 Å². The molecule has 8 heteroatoms. The summed E-state index contributed by atoms with van der Waals surface area (Å²) in [5.74, 6) is 1.07. The van der Waals surface area contributed by atoms with E-state index in [2.05, 4.69) is 4.99 Å². The van der Waals surface area contributed by atoms with Gasteiger partial charge in [-0.25, -0.2) is 0 Å². The van der Waals surface area contributed by atoms with E-state index in [9.17, 15) is 15.2 Å². The van der Waals surface area contributed by atoms with Crippen molar-refractivity contribution in [1.82, 2.24) is 0 Å². The van der Waals surface area contributed by atoms with Crippen molar-refractivity contribution < 1.29 is 24.2 Å². The van der Waals surface area contributed by atoms with E-state index in [-0.39, 0.29) is 11.4 Å². The van der Waals surface area contributed by atoms with E-state index in [1.807, 2.05) is 0 Å². The van der Waals surface area contributed by atoms with E-state index in [1.165, 1.54) is 33.6 Å². The number of nitro groups is 1. The highest BCUT2D eigenvalue weighted by atomic mass is 16.6. The number of ether oxygens (including phenoxy) is 3. The molecule has 0 heterocycles. The van der Waals surface area contributed by atoms with Gasteiger partial charge in [0.1, 0.15) is 0 Å². The smallest absolute Gasteiger partial charge is 0.276 e. The normalized spacial score (nSPS) is 10.7. The van der Waals surface area contributed by atoms with Crippen LogP contribution in [-0.2, 0) is 6.42 Å².